The summed E-state index contributed by atoms with van der Waals surface area (Å²) in [6.07, 6.45) is 3.76. The number of amides is 1. The molecule has 0 spiro atoms. The van der Waals surface area contributed by atoms with Gasteiger partial charge >= 0.3 is 5.97 Å². The first kappa shape index (κ1) is 31.6. The van der Waals surface area contributed by atoms with Gasteiger partial charge in [0.1, 0.15) is 0 Å². The van der Waals surface area contributed by atoms with Crippen molar-refractivity contribution < 1.29 is 28.5 Å². The Morgan fingerprint density at radius 3 is 2.50 bits per heavy atom. The number of nitrogens with zero attached hydrogens (tertiary/aromatic N) is 3. The minimum absolute atomic E-state index is 0.113. The van der Waals surface area contributed by atoms with E-state index in [9.17, 15) is 14.4 Å². The monoisotopic (exact) mass is 637 g/mol. The molecule has 2 aromatic carbocycles. The predicted molar refractivity (Wildman–Crippen MR) is 169 cm³/mol. The molecule has 2 aliphatic rings. The van der Waals surface area contributed by atoms with Crippen molar-refractivity contribution in [2.24, 2.45) is 4.99 Å². The van der Waals surface area contributed by atoms with Crippen LogP contribution in [-0.2, 0) is 19.1 Å². The van der Waals surface area contributed by atoms with E-state index in [0.29, 0.717) is 70.6 Å². The van der Waals surface area contributed by atoms with Crippen LogP contribution in [-0.4, -0.2) is 73.7 Å². The molecule has 0 unspecified atom stereocenters. The van der Waals surface area contributed by atoms with Crippen molar-refractivity contribution in [3.8, 4) is 11.5 Å². The highest BCUT2D eigenvalue weighted by molar-refractivity contribution is 7.98. The van der Waals surface area contributed by atoms with Gasteiger partial charge in [0.2, 0.25) is 0 Å². The number of thioether (sulfide) groups is 1. The van der Waals surface area contributed by atoms with Gasteiger partial charge in [0.05, 0.1) is 48.3 Å². The van der Waals surface area contributed by atoms with E-state index >= 15 is 0 Å². The van der Waals surface area contributed by atoms with Crippen molar-refractivity contribution in [2.75, 3.05) is 52.4 Å². The highest BCUT2D eigenvalue weighted by Crippen LogP contribution is 2.32. The molecule has 44 heavy (non-hydrogen) atoms. The Balaban J connectivity index is 1.50. The fraction of sp³-hybridized carbons (Fsp3) is 0.375. The molecule has 1 atom stereocenters. The lowest BCUT2D eigenvalue weighted by atomic mass is 9.96. The number of carbonyl (C=O) groups excluding carboxylic acids is 2. The normalized spacial score (nSPS) is 16.8. The topological polar surface area (TPSA) is 109 Å². The molecule has 0 radical (unpaired) electrons. The molecule has 10 nitrogen and oxygen atoms in total. The first-order valence-electron chi connectivity index (χ1n) is 14.4. The maximum Gasteiger partial charge on any atom is 0.338 e. The Bertz CT molecular complexity index is 1740. The van der Waals surface area contributed by atoms with Gasteiger partial charge in [-0.25, -0.2) is 9.79 Å². The van der Waals surface area contributed by atoms with Gasteiger partial charge in [-0.05, 0) is 68.5 Å². The smallest absolute Gasteiger partial charge is 0.338 e. The van der Waals surface area contributed by atoms with E-state index in [1.807, 2.05) is 43.5 Å². The minimum Gasteiger partial charge on any atom is -0.490 e. The molecule has 1 saturated heterocycles. The van der Waals surface area contributed by atoms with E-state index in [2.05, 4.69) is 4.99 Å². The number of thiazole rings is 1. The van der Waals surface area contributed by atoms with Gasteiger partial charge in [-0.1, -0.05) is 29.5 Å². The first-order chi connectivity index (χ1) is 21.3. The van der Waals surface area contributed by atoms with Crippen molar-refractivity contribution >= 4 is 41.1 Å². The number of esters is 1. The second-order valence-corrected chi connectivity index (χ2v) is 11.9. The molecule has 0 aliphatic carbocycles. The summed E-state index contributed by atoms with van der Waals surface area (Å²) < 4.78 is 24.4. The Labute approximate surface area is 263 Å². The zero-order valence-electron chi connectivity index (χ0n) is 25.2. The largest absolute Gasteiger partial charge is 0.490 e. The van der Waals surface area contributed by atoms with Crippen LogP contribution >= 0.6 is 23.1 Å². The maximum atomic E-state index is 14.0. The van der Waals surface area contributed by atoms with Crippen molar-refractivity contribution in [2.45, 2.75) is 31.7 Å². The molecular weight excluding hydrogens is 603 g/mol. The Morgan fingerprint density at radius 2 is 1.82 bits per heavy atom. The van der Waals surface area contributed by atoms with Crippen molar-refractivity contribution in [1.82, 2.24) is 9.47 Å². The predicted octanol–water partition coefficient (Wildman–Crippen LogP) is 3.16. The average molecular weight is 638 g/mol. The van der Waals surface area contributed by atoms with Crippen LogP contribution in [0.25, 0.3) is 6.08 Å². The number of benzene rings is 2. The summed E-state index contributed by atoms with van der Waals surface area (Å²) >= 11 is 2.87. The van der Waals surface area contributed by atoms with Gasteiger partial charge < -0.3 is 23.8 Å². The van der Waals surface area contributed by atoms with E-state index in [1.54, 1.807) is 53.3 Å². The zero-order valence-corrected chi connectivity index (χ0v) is 26.8. The Morgan fingerprint density at radius 1 is 1.07 bits per heavy atom. The Hall–Kier alpha value is -3.87. The molecule has 1 amide bonds. The summed E-state index contributed by atoms with van der Waals surface area (Å²) in [6, 6.07) is 12.5. The van der Waals surface area contributed by atoms with Crippen LogP contribution in [0.5, 0.6) is 11.5 Å². The van der Waals surface area contributed by atoms with Crippen molar-refractivity contribution in [3.05, 3.63) is 84.5 Å². The molecule has 1 aromatic heterocycles. The van der Waals surface area contributed by atoms with E-state index in [1.165, 1.54) is 11.3 Å². The number of hydrogen-bond donors (Lipinski definition) is 0. The van der Waals surface area contributed by atoms with Crippen LogP contribution < -0.4 is 24.4 Å². The van der Waals surface area contributed by atoms with Crippen LogP contribution in [0, 0.1) is 0 Å². The number of hydrogen-bond acceptors (Lipinski definition) is 10. The van der Waals surface area contributed by atoms with Gasteiger partial charge in [-0.3, -0.25) is 14.2 Å². The fourth-order valence-corrected chi connectivity index (χ4v) is 6.54. The lowest BCUT2D eigenvalue weighted by molar-refractivity contribution is -0.139. The number of allylic oxidation sites excluding steroid dienone is 1. The molecule has 1 fully saturated rings. The molecule has 5 rings (SSSR count). The standard InChI is InChI=1S/C32H35N3O7S2/c1-5-40-25-17-21(7-12-24(25)42-19-27(36)34-13-15-39-16-14-34)18-26-30(37)35-29(22-8-10-23(43-4)11-9-22)28(31(38)41-6-2)20(3)33-32(35)44-26/h7-12,17-18,29H,5-6,13-16,19H2,1-4H3/b26-18+/t29-/m0/s1. The van der Waals surface area contributed by atoms with Gasteiger partial charge in [0, 0.05) is 18.0 Å². The molecule has 3 aromatic rings. The van der Waals surface area contributed by atoms with E-state index < -0.39 is 12.0 Å². The molecule has 3 heterocycles. The van der Waals surface area contributed by atoms with Crippen molar-refractivity contribution in [1.29, 1.82) is 0 Å². The van der Waals surface area contributed by atoms with E-state index in [4.69, 9.17) is 18.9 Å². The highest BCUT2D eigenvalue weighted by atomic mass is 32.2. The van der Waals surface area contributed by atoms with Crippen LogP contribution in [0.15, 0.2) is 68.4 Å². The van der Waals surface area contributed by atoms with Gasteiger partial charge in [0.15, 0.2) is 22.9 Å². The minimum atomic E-state index is -0.679. The summed E-state index contributed by atoms with van der Waals surface area (Å²) in [5, 5.41) is 0. The molecule has 2 aliphatic heterocycles. The number of morpholine rings is 1. The molecule has 232 valence electrons. The Kier molecular flexibility index (Phi) is 10.2. The fourth-order valence-electron chi connectivity index (χ4n) is 5.09. The van der Waals surface area contributed by atoms with Crippen LogP contribution in [0.3, 0.4) is 0 Å². The molecule has 12 heteroatoms. The number of rotatable bonds is 10. The molecule has 0 saturated carbocycles. The molecule has 0 bridgehead atoms. The lowest BCUT2D eigenvalue weighted by Crippen LogP contribution is -2.43. The quantitative estimate of drug-likeness (QED) is 0.247. The van der Waals surface area contributed by atoms with Crippen LogP contribution in [0.2, 0.25) is 0 Å². The summed E-state index contributed by atoms with van der Waals surface area (Å²) in [5.41, 5.74) is 2.10. The van der Waals surface area contributed by atoms with Crippen LogP contribution in [0.1, 0.15) is 37.9 Å². The highest BCUT2D eigenvalue weighted by Gasteiger charge is 2.33. The van der Waals surface area contributed by atoms with Crippen molar-refractivity contribution in [3.63, 3.8) is 0 Å². The zero-order chi connectivity index (χ0) is 31.2. The van der Waals surface area contributed by atoms with Gasteiger partial charge in [0.25, 0.3) is 11.5 Å². The lowest BCUT2D eigenvalue weighted by Gasteiger charge is -2.26. The number of ether oxygens (including phenoxy) is 4. The summed E-state index contributed by atoms with van der Waals surface area (Å²) in [6.45, 7) is 7.99. The number of fused-ring (bicyclic) bond motifs is 1. The summed E-state index contributed by atoms with van der Waals surface area (Å²) in [4.78, 5) is 47.6. The third kappa shape index (κ3) is 6.77. The third-order valence-electron chi connectivity index (χ3n) is 7.23. The number of carbonyl (C=O) groups is 2. The molecule has 0 N–H and O–H groups in total. The number of aromatic nitrogens is 1. The second-order valence-electron chi connectivity index (χ2n) is 10.00. The SMILES string of the molecule is CCOC(=O)C1=C(C)N=c2s/c(=C/c3ccc(OCC(=O)N4CCOCC4)c(OCC)c3)c(=O)n2[C@H]1c1ccc(SC)cc1. The first-order valence-corrected chi connectivity index (χ1v) is 16.5. The second kappa shape index (κ2) is 14.3. The third-order valence-corrected chi connectivity index (χ3v) is 8.96. The van der Waals surface area contributed by atoms with Gasteiger partial charge in [-0.2, -0.15) is 0 Å². The average Bonchev–Trinajstić information content (AvgIpc) is 3.34. The maximum absolute atomic E-state index is 14.0. The molecular formula is C32H35N3O7S2. The van der Waals surface area contributed by atoms with Gasteiger partial charge in [-0.15, -0.1) is 11.8 Å². The summed E-state index contributed by atoms with van der Waals surface area (Å²) in [7, 11) is 0. The van der Waals surface area contributed by atoms with E-state index in [-0.39, 0.29) is 24.7 Å². The van der Waals surface area contributed by atoms with Crippen LogP contribution in [0.4, 0.5) is 0 Å². The summed E-state index contributed by atoms with van der Waals surface area (Å²) in [5.74, 6) is 0.300. The van der Waals surface area contributed by atoms with E-state index in [0.717, 1.165) is 10.5 Å².